The molecule has 1 saturated carbocycles. The van der Waals surface area contributed by atoms with Crippen LogP contribution in [0.5, 0.6) is 0 Å². The molecule has 2 aromatic heterocycles. The molecule has 1 atom stereocenters. The molecule has 6 nitrogen and oxygen atoms in total. The number of ether oxygens (including phenoxy) is 1. The van der Waals surface area contributed by atoms with Crippen LogP contribution in [0, 0.1) is 5.82 Å². The van der Waals surface area contributed by atoms with Gasteiger partial charge in [0.2, 0.25) is 0 Å². The lowest BCUT2D eigenvalue weighted by Crippen LogP contribution is -2.18. The molecule has 2 aromatic carbocycles. The van der Waals surface area contributed by atoms with E-state index in [9.17, 15) is 9.18 Å². The zero-order chi connectivity index (χ0) is 23.7. The second kappa shape index (κ2) is 9.27. The van der Waals surface area contributed by atoms with Gasteiger partial charge in [-0.05, 0) is 61.6 Å². The van der Waals surface area contributed by atoms with Gasteiger partial charge in [-0.3, -0.25) is 10.3 Å². The lowest BCUT2D eigenvalue weighted by atomic mass is 10.0. The van der Waals surface area contributed by atoms with Crippen LogP contribution in [0.4, 0.5) is 15.0 Å². The van der Waals surface area contributed by atoms with E-state index in [1.54, 1.807) is 61.8 Å². The third-order valence-corrected chi connectivity index (χ3v) is 6.15. The van der Waals surface area contributed by atoms with E-state index in [0.717, 1.165) is 18.4 Å². The zero-order valence-electron chi connectivity index (χ0n) is 18.4. The van der Waals surface area contributed by atoms with Gasteiger partial charge in [-0.15, -0.1) is 0 Å². The first-order valence-corrected chi connectivity index (χ1v) is 11.4. The van der Waals surface area contributed by atoms with Crippen molar-refractivity contribution in [3.63, 3.8) is 0 Å². The highest BCUT2D eigenvalue weighted by Gasteiger charge is 2.24. The quantitative estimate of drug-likeness (QED) is 0.328. The van der Waals surface area contributed by atoms with E-state index < -0.39 is 12.2 Å². The number of nitrogens with one attached hydrogen (secondary N) is 1. The predicted octanol–water partition coefficient (Wildman–Crippen LogP) is 6.91. The minimum atomic E-state index is -0.642. The second-order valence-corrected chi connectivity index (χ2v) is 8.64. The summed E-state index contributed by atoms with van der Waals surface area (Å²) in [6, 6.07) is 17.7. The molecule has 172 valence electrons. The van der Waals surface area contributed by atoms with Crippen molar-refractivity contribution in [1.29, 1.82) is 0 Å². The van der Waals surface area contributed by atoms with Crippen LogP contribution in [-0.2, 0) is 4.74 Å². The second-order valence-electron chi connectivity index (χ2n) is 8.24. The number of hydrogen-bond acceptors (Lipinski definition) is 4. The van der Waals surface area contributed by atoms with E-state index in [2.05, 4.69) is 15.4 Å². The lowest BCUT2D eigenvalue weighted by Gasteiger charge is -2.16. The van der Waals surface area contributed by atoms with Crippen molar-refractivity contribution in [3.05, 3.63) is 95.0 Å². The Morgan fingerprint density at radius 2 is 2.00 bits per heavy atom. The number of aromatic nitrogens is 3. The van der Waals surface area contributed by atoms with Gasteiger partial charge in [0.15, 0.2) is 0 Å². The van der Waals surface area contributed by atoms with E-state index in [1.807, 2.05) is 18.2 Å². The van der Waals surface area contributed by atoms with Gasteiger partial charge in [0.25, 0.3) is 0 Å². The van der Waals surface area contributed by atoms with E-state index in [0.29, 0.717) is 39.3 Å². The fourth-order valence-corrected chi connectivity index (χ4v) is 4.14. The molecule has 2 heterocycles. The predicted molar refractivity (Wildman–Crippen MR) is 129 cm³/mol. The Morgan fingerprint density at radius 3 is 2.71 bits per heavy atom. The maximum absolute atomic E-state index is 14.6. The van der Waals surface area contributed by atoms with E-state index >= 15 is 0 Å². The lowest BCUT2D eigenvalue weighted by molar-refractivity contribution is 0.121. The molecule has 0 aliphatic heterocycles. The largest absolute Gasteiger partial charge is 0.441 e. The highest BCUT2D eigenvalue weighted by atomic mass is 35.5. The van der Waals surface area contributed by atoms with Crippen LogP contribution in [-0.4, -0.2) is 20.9 Å². The maximum Gasteiger partial charge on any atom is 0.413 e. The van der Waals surface area contributed by atoms with Crippen LogP contribution >= 0.6 is 11.6 Å². The van der Waals surface area contributed by atoms with Crippen LogP contribution < -0.4 is 5.32 Å². The standard InChI is InChI=1S/C26H22ClFN4O2/c1-16(20-4-2-3-5-22(20)27)34-26(33)31-25-12-13-30-32(25)19-9-11-24(29-15-19)21-10-8-18(14-23(21)28)17-6-7-17/h2-5,8-17H,6-7H2,1H3,(H,31,33). The molecule has 1 fully saturated rings. The summed E-state index contributed by atoms with van der Waals surface area (Å²) in [5, 5.41) is 7.48. The van der Waals surface area contributed by atoms with Gasteiger partial charge in [0.05, 0.1) is 23.8 Å². The van der Waals surface area contributed by atoms with Gasteiger partial charge < -0.3 is 4.74 Å². The number of hydrogen-bond donors (Lipinski definition) is 1. The molecule has 1 unspecified atom stereocenters. The summed E-state index contributed by atoms with van der Waals surface area (Å²) in [5.41, 5.74) is 3.34. The molecule has 0 spiro atoms. The Bertz CT molecular complexity index is 1330. The summed E-state index contributed by atoms with van der Waals surface area (Å²) in [4.78, 5) is 16.9. The summed E-state index contributed by atoms with van der Waals surface area (Å²) in [5.74, 6) is 0.622. The van der Waals surface area contributed by atoms with Crippen molar-refractivity contribution >= 4 is 23.5 Å². The first kappa shape index (κ1) is 22.1. The summed E-state index contributed by atoms with van der Waals surface area (Å²) >= 11 is 6.19. The molecule has 5 rings (SSSR count). The minimum absolute atomic E-state index is 0.276. The molecule has 0 bridgehead atoms. The van der Waals surface area contributed by atoms with Crippen LogP contribution in [0.15, 0.2) is 73.1 Å². The molecule has 0 saturated heterocycles. The first-order chi connectivity index (χ1) is 16.5. The molecule has 1 aliphatic rings. The molecule has 8 heteroatoms. The van der Waals surface area contributed by atoms with Crippen molar-refractivity contribution in [2.75, 3.05) is 5.32 Å². The number of rotatable bonds is 6. The summed E-state index contributed by atoms with van der Waals surface area (Å²) in [6.07, 6.45) is 4.21. The van der Waals surface area contributed by atoms with Gasteiger partial charge in [-0.25, -0.2) is 13.9 Å². The normalized spacial score (nSPS) is 14.0. The number of halogens is 2. The summed E-state index contributed by atoms with van der Waals surface area (Å²) < 4.78 is 21.6. The van der Waals surface area contributed by atoms with E-state index in [-0.39, 0.29) is 5.82 Å². The number of pyridine rings is 1. The molecule has 4 aromatic rings. The van der Waals surface area contributed by atoms with Gasteiger partial charge in [-0.1, -0.05) is 35.9 Å². The Balaban J connectivity index is 1.29. The van der Waals surface area contributed by atoms with Gasteiger partial charge in [0, 0.05) is 22.2 Å². The third-order valence-electron chi connectivity index (χ3n) is 5.81. The fraction of sp³-hybridized carbons (Fsp3) is 0.192. The van der Waals surface area contributed by atoms with Gasteiger partial charge >= 0.3 is 6.09 Å². The number of nitrogens with zero attached hydrogens (tertiary/aromatic N) is 3. The highest BCUT2D eigenvalue weighted by molar-refractivity contribution is 6.31. The Hall–Kier alpha value is -3.71. The number of carbonyl (C=O) groups excluding carboxylic acids is 1. The molecule has 1 aliphatic carbocycles. The Kier molecular flexibility index (Phi) is 6.02. The maximum atomic E-state index is 14.6. The van der Waals surface area contributed by atoms with Crippen molar-refractivity contribution < 1.29 is 13.9 Å². The van der Waals surface area contributed by atoms with Crippen molar-refractivity contribution in [1.82, 2.24) is 14.8 Å². The van der Waals surface area contributed by atoms with Gasteiger partial charge in [-0.2, -0.15) is 5.10 Å². The molecule has 1 N–H and O–H groups in total. The smallest absolute Gasteiger partial charge is 0.413 e. The van der Waals surface area contributed by atoms with Crippen molar-refractivity contribution in [2.24, 2.45) is 0 Å². The molecular formula is C26H22ClFN4O2. The third kappa shape index (κ3) is 4.65. The number of anilines is 1. The summed E-state index contributed by atoms with van der Waals surface area (Å²) in [6.45, 7) is 1.75. The average Bonchev–Trinajstić information content (AvgIpc) is 3.58. The first-order valence-electron chi connectivity index (χ1n) is 11.0. The highest BCUT2D eigenvalue weighted by Crippen LogP contribution is 2.41. The van der Waals surface area contributed by atoms with Crippen molar-refractivity contribution in [3.8, 4) is 16.9 Å². The number of amides is 1. The fourth-order valence-electron chi connectivity index (χ4n) is 3.85. The minimum Gasteiger partial charge on any atom is -0.441 e. The zero-order valence-corrected chi connectivity index (χ0v) is 19.2. The van der Waals surface area contributed by atoms with Crippen LogP contribution in [0.2, 0.25) is 5.02 Å². The summed E-state index contributed by atoms with van der Waals surface area (Å²) in [7, 11) is 0. The average molecular weight is 477 g/mol. The van der Waals surface area contributed by atoms with Crippen molar-refractivity contribution in [2.45, 2.75) is 31.8 Å². The van der Waals surface area contributed by atoms with Crippen LogP contribution in [0.1, 0.15) is 42.9 Å². The number of carbonyl (C=O) groups is 1. The SMILES string of the molecule is CC(OC(=O)Nc1ccnn1-c1ccc(-c2ccc(C3CC3)cc2F)nc1)c1ccccc1Cl. The number of benzene rings is 2. The van der Waals surface area contributed by atoms with E-state index in [4.69, 9.17) is 16.3 Å². The Morgan fingerprint density at radius 1 is 1.18 bits per heavy atom. The molecule has 34 heavy (non-hydrogen) atoms. The molecular weight excluding hydrogens is 455 g/mol. The topological polar surface area (TPSA) is 69.0 Å². The Labute approximate surface area is 201 Å². The molecule has 1 amide bonds. The monoisotopic (exact) mass is 476 g/mol. The van der Waals surface area contributed by atoms with E-state index in [1.165, 1.54) is 4.68 Å². The van der Waals surface area contributed by atoms with Gasteiger partial charge in [0.1, 0.15) is 17.7 Å². The molecule has 0 radical (unpaired) electrons. The van der Waals surface area contributed by atoms with Crippen LogP contribution in [0.3, 0.4) is 0 Å². The van der Waals surface area contributed by atoms with Crippen LogP contribution in [0.25, 0.3) is 16.9 Å².